The summed E-state index contributed by atoms with van der Waals surface area (Å²) in [4.78, 5) is 35.9. The first-order valence-electron chi connectivity index (χ1n) is 11.7. The van der Waals surface area contributed by atoms with E-state index in [0.29, 0.717) is 17.7 Å². The number of rotatable bonds is 4. The maximum atomic E-state index is 13.5. The largest absolute Gasteiger partial charge is 0.332 e. The van der Waals surface area contributed by atoms with Gasteiger partial charge in [0.1, 0.15) is 0 Å². The fourth-order valence-electron chi connectivity index (χ4n) is 5.24. The van der Waals surface area contributed by atoms with E-state index in [-0.39, 0.29) is 11.2 Å². The van der Waals surface area contributed by atoms with Crippen molar-refractivity contribution in [1.82, 2.24) is 23.6 Å². The zero-order chi connectivity index (χ0) is 22.4. The highest BCUT2D eigenvalue weighted by Crippen LogP contribution is 2.32. The van der Waals surface area contributed by atoms with E-state index in [4.69, 9.17) is 4.98 Å². The standard InChI is InChI=1S/C24H32N6O2/c1-17-14-18(2)16-19(15-17)28-10-7-11-29-20-21(25-23(28)29)26(3)24(32)30(22(20)31)13-12-27-8-5-4-6-9-27/h14-16H,4-13H2,1-3H3. The molecule has 2 aliphatic rings. The number of benzene rings is 1. The minimum atomic E-state index is -0.284. The summed E-state index contributed by atoms with van der Waals surface area (Å²) in [5, 5.41) is 0. The Kier molecular flexibility index (Phi) is 5.41. The van der Waals surface area contributed by atoms with Crippen LogP contribution in [0.15, 0.2) is 27.8 Å². The van der Waals surface area contributed by atoms with Gasteiger partial charge in [-0.05, 0) is 69.5 Å². The number of anilines is 2. The molecule has 0 atom stereocenters. The first-order chi connectivity index (χ1) is 15.4. The molecule has 170 valence electrons. The van der Waals surface area contributed by atoms with Crippen molar-refractivity contribution in [1.29, 1.82) is 0 Å². The van der Waals surface area contributed by atoms with Crippen LogP contribution in [0.25, 0.3) is 11.2 Å². The molecule has 0 saturated carbocycles. The number of aryl methyl sites for hydroxylation is 4. The molecular weight excluding hydrogens is 404 g/mol. The predicted octanol–water partition coefficient (Wildman–Crippen LogP) is 2.54. The molecule has 0 radical (unpaired) electrons. The van der Waals surface area contributed by atoms with E-state index < -0.39 is 0 Å². The van der Waals surface area contributed by atoms with Crippen LogP contribution in [0.3, 0.4) is 0 Å². The van der Waals surface area contributed by atoms with Gasteiger partial charge in [0.15, 0.2) is 11.2 Å². The maximum absolute atomic E-state index is 13.5. The Bertz CT molecular complexity index is 1260. The number of likely N-dealkylation sites (tertiary alicyclic amines) is 1. The summed E-state index contributed by atoms with van der Waals surface area (Å²) in [5.41, 5.74) is 3.97. The van der Waals surface area contributed by atoms with Crippen LogP contribution in [0, 0.1) is 13.8 Å². The van der Waals surface area contributed by atoms with Crippen molar-refractivity contribution in [3.63, 3.8) is 0 Å². The van der Waals surface area contributed by atoms with Crippen molar-refractivity contribution in [3.05, 3.63) is 50.2 Å². The van der Waals surface area contributed by atoms with Gasteiger partial charge in [-0.3, -0.25) is 13.9 Å². The first kappa shape index (κ1) is 21.0. The molecule has 2 aliphatic heterocycles. The van der Waals surface area contributed by atoms with Crippen LogP contribution >= 0.6 is 0 Å². The SMILES string of the molecule is Cc1cc(C)cc(N2CCCn3c2nc2c3c(=O)n(CCN3CCCCC3)c(=O)n2C)c1. The molecule has 2 aromatic heterocycles. The lowest BCUT2D eigenvalue weighted by molar-refractivity contribution is 0.218. The summed E-state index contributed by atoms with van der Waals surface area (Å²) in [6, 6.07) is 6.46. The van der Waals surface area contributed by atoms with Gasteiger partial charge < -0.3 is 14.4 Å². The molecule has 1 fully saturated rings. The summed E-state index contributed by atoms with van der Waals surface area (Å²) >= 11 is 0. The van der Waals surface area contributed by atoms with Crippen LogP contribution in [0.2, 0.25) is 0 Å². The highest BCUT2D eigenvalue weighted by molar-refractivity contribution is 5.77. The number of imidazole rings is 1. The van der Waals surface area contributed by atoms with E-state index in [1.54, 1.807) is 7.05 Å². The Labute approximate surface area is 187 Å². The molecule has 8 heteroatoms. The minimum Gasteiger partial charge on any atom is -0.312 e. The molecule has 8 nitrogen and oxygen atoms in total. The summed E-state index contributed by atoms with van der Waals surface area (Å²) in [5.74, 6) is 0.747. The average molecular weight is 437 g/mol. The van der Waals surface area contributed by atoms with E-state index in [0.717, 1.165) is 50.8 Å². The van der Waals surface area contributed by atoms with Gasteiger partial charge in [-0.2, -0.15) is 4.98 Å². The van der Waals surface area contributed by atoms with Gasteiger partial charge in [-0.15, -0.1) is 0 Å². The number of hydrogen-bond donors (Lipinski definition) is 0. The van der Waals surface area contributed by atoms with Crippen molar-refractivity contribution in [2.75, 3.05) is 31.1 Å². The number of aromatic nitrogens is 4. The van der Waals surface area contributed by atoms with Gasteiger partial charge in [-0.1, -0.05) is 12.5 Å². The Hall–Kier alpha value is -2.87. The first-order valence-corrected chi connectivity index (χ1v) is 11.7. The molecule has 0 bridgehead atoms. The number of nitrogens with zero attached hydrogens (tertiary/aromatic N) is 6. The topological polar surface area (TPSA) is 68.3 Å². The Morgan fingerprint density at radius 3 is 2.31 bits per heavy atom. The normalized spacial score (nSPS) is 17.2. The van der Waals surface area contributed by atoms with Crippen molar-refractivity contribution < 1.29 is 0 Å². The highest BCUT2D eigenvalue weighted by Gasteiger charge is 2.27. The Balaban J connectivity index is 1.59. The van der Waals surface area contributed by atoms with Crippen LogP contribution in [0.1, 0.15) is 36.8 Å². The smallest absolute Gasteiger partial charge is 0.312 e. The van der Waals surface area contributed by atoms with Crippen LogP contribution in [-0.4, -0.2) is 49.8 Å². The summed E-state index contributed by atoms with van der Waals surface area (Å²) in [6.07, 6.45) is 4.57. The molecule has 1 aromatic carbocycles. The van der Waals surface area contributed by atoms with Gasteiger partial charge in [0.05, 0.1) is 0 Å². The van der Waals surface area contributed by atoms with Crippen LogP contribution in [0.4, 0.5) is 11.6 Å². The van der Waals surface area contributed by atoms with Crippen LogP contribution < -0.4 is 16.1 Å². The van der Waals surface area contributed by atoms with Crippen molar-refractivity contribution >= 4 is 22.8 Å². The van der Waals surface area contributed by atoms with Crippen molar-refractivity contribution in [2.45, 2.75) is 52.6 Å². The predicted molar refractivity (Wildman–Crippen MR) is 127 cm³/mol. The quantitative estimate of drug-likeness (QED) is 0.629. The van der Waals surface area contributed by atoms with E-state index in [2.05, 4.69) is 41.8 Å². The van der Waals surface area contributed by atoms with Gasteiger partial charge in [-0.25, -0.2) is 4.79 Å². The molecule has 0 unspecified atom stereocenters. The fraction of sp³-hybridized carbons (Fsp3) is 0.542. The van der Waals surface area contributed by atoms with Crippen molar-refractivity contribution in [3.8, 4) is 0 Å². The number of hydrogen-bond acceptors (Lipinski definition) is 5. The van der Waals surface area contributed by atoms with E-state index in [9.17, 15) is 9.59 Å². The zero-order valence-electron chi connectivity index (χ0n) is 19.3. The third-order valence-electron chi connectivity index (χ3n) is 6.82. The second-order valence-corrected chi connectivity index (χ2v) is 9.29. The second kappa shape index (κ2) is 8.24. The highest BCUT2D eigenvalue weighted by atomic mass is 16.2. The Morgan fingerprint density at radius 1 is 0.875 bits per heavy atom. The molecule has 0 spiro atoms. The minimum absolute atomic E-state index is 0.221. The molecule has 0 amide bonds. The van der Waals surface area contributed by atoms with Gasteiger partial charge in [0, 0.05) is 38.9 Å². The summed E-state index contributed by atoms with van der Waals surface area (Å²) in [6.45, 7) is 8.99. The summed E-state index contributed by atoms with van der Waals surface area (Å²) < 4.78 is 4.95. The monoisotopic (exact) mass is 436 g/mol. The molecule has 4 heterocycles. The van der Waals surface area contributed by atoms with Crippen LogP contribution in [-0.2, 0) is 20.1 Å². The lowest BCUT2D eigenvalue weighted by atomic mass is 10.1. The molecule has 5 rings (SSSR count). The van der Waals surface area contributed by atoms with Crippen molar-refractivity contribution in [2.24, 2.45) is 7.05 Å². The molecule has 3 aromatic rings. The Morgan fingerprint density at radius 2 is 1.59 bits per heavy atom. The third kappa shape index (κ3) is 3.56. The van der Waals surface area contributed by atoms with Gasteiger partial charge in [0.25, 0.3) is 5.56 Å². The molecule has 0 N–H and O–H groups in total. The lowest BCUT2D eigenvalue weighted by Gasteiger charge is -2.29. The van der Waals surface area contributed by atoms with E-state index in [1.165, 1.54) is 39.5 Å². The molecular formula is C24H32N6O2. The van der Waals surface area contributed by atoms with E-state index >= 15 is 0 Å². The zero-order valence-corrected chi connectivity index (χ0v) is 19.3. The maximum Gasteiger partial charge on any atom is 0.332 e. The number of fused-ring (bicyclic) bond motifs is 3. The second-order valence-electron chi connectivity index (χ2n) is 9.29. The number of piperidine rings is 1. The summed E-state index contributed by atoms with van der Waals surface area (Å²) in [7, 11) is 1.72. The van der Waals surface area contributed by atoms with Crippen LogP contribution in [0.5, 0.6) is 0 Å². The third-order valence-corrected chi connectivity index (χ3v) is 6.82. The molecule has 1 saturated heterocycles. The van der Waals surface area contributed by atoms with Gasteiger partial charge >= 0.3 is 5.69 Å². The van der Waals surface area contributed by atoms with Gasteiger partial charge in [0.2, 0.25) is 5.95 Å². The fourth-order valence-corrected chi connectivity index (χ4v) is 5.24. The average Bonchev–Trinajstić information content (AvgIpc) is 3.17. The lowest BCUT2D eigenvalue weighted by Crippen LogP contribution is -2.43. The van der Waals surface area contributed by atoms with E-state index in [1.807, 2.05) is 4.57 Å². The molecule has 32 heavy (non-hydrogen) atoms. The molecule has 0 aliphatic carbocycles.